The number of pyridine rings is 1. The van der Waals surface area contributed by atoms with Crippen LogP contribution in [0.4, 0.5) is 0 Å². The number of benzene rings is 2. The lowest BCUT2D eigenvalue weighted by Gasteiger charge is -2.28. The van der Waals surface area contributed by atoms with E-state index in [0.717, 1.165) is 11.1 Å². The number of carboxylic acid groups (broad SMARTS) is 1. The zero-order chi connectivity index (χ0) is 18.7. The highest BCUT2D eigenvalue weighted by atomic mass is 16.7. The Labute approximate surface area is 153 Å². The molecule has 5 rings (SSSR count). The van der Waals surface area contributed by atoms with Gasteiger partial charge in [0.05, 0.1) is 16.9 Å². The molecule has 0 aliphatic carbocycles. The molecule has 0 radical (unpaired) electrons. The van der Waals surface area contributed by atoms with E-state index >= 15 is 0 Å². The van der Waals surface area contributed by atoms with E-state index in [1.165, 1.54) is 6.20 Å². The second kappa shape index (κ2) is 5.51. The maximum Gasteiger partial charge on any atom is 0.341 e. The first-order valence-electron chi connectivity index (χ1n) is 8.52. The fourth-order valence-corrected chi connectivity index (χ4v) is 3.64. The predicted molar refractivity (Wildman–Crippen MR) is 96.9 cm³/mol. The molecule has 2 aliphatic rings. The van der Waals surface area contributed by atoms with Gasteiger partial charge < -0.3 is 23.9 Å². The second-order valence-electron chi connectivity index (χ2n) is 6.65. The highest BCUT2D eigenvalue weighted by molar-refractivity contribution is 5.98. The molecule has 0 spiro atoms. The molecule has 1 atom stereocenters. The Hall–Kier alpha value is -3.48. The number of aromatic carboxylic acids is 1. The minimum absolute atomic E-state index is 0.0919. The largest absolute Gasteiger partial charge is 0.489 e. The Kier molecular flexibility index (Phi) is 3.21. The van der Waals surface area contributed by atoms with Crippen molar-refractivity contribution in [3.05, 3.63) is 52.3 Å². The van der Waals surface area contributed by atoms with Gasteiger partial charge in [-0.25, -0.2) is 4.79 Å². The van der Waals surface area contributed by atoms with Gasteiger partial charge in [-0.05, 0) is 36.8 Å². The zero-order valence-electron chi connectivity index (χ0n) is 14.4. The number of hydrogen-bond donors (Lipinski definition) is 1. The molecule has 136 valence electrons. The van der Waals surface area contributed by atoms with Crippen LogP contribution in [-0.4, -0.2) is 29.0 Å². The molecular formula is C20H15NO6. The number of aromatic nitrogens is 1. The number of ether oxygens (including phenoxy) is 3. The molecule has 7 nitrogen and oxygen atoms in total. The summed E-state index contributed by atoms with van der Waals surface area (Å²) in [5, 5.41) is 9.70. The monoisotopic (exact) mass is 365 g/mol. The molecule has 2 aliphatic heterocycles. The number of carbonyl (C=O) groups is 1. The van der Waals surface area contributed by atoms with Crippen LogP contribution >= 0.6 is 0 Å². The van der Waals surface area contributed by atoms with Crippen molar-refractivity contribution in [2.24, 2.45) is 0 Å². The van der Waals surface area contributed by atoms with Crippen LogP contribution in [0.5, 0.6) is 17.2 Å². The normalized spacial score (nSPS) is 17.0. The van der Waals surface area contributed by atoms with Gasteiger partial charge in [0.25, 0.3) is 0 Å². The van der Waals surface area contributed by atoms with E-state index in [-0.39, 0.29) is 18.4 Å². The molecule has 0 fully saturated rings. The van der Waals surface area contributed by atoms with Crippen LogP contribution in [0.25, 0.3) is 22.0 Å². The lowest BCUT2D eigenvalue weighted by atomic mass is 9.99. The van der Waals surface area contributed by atoms with Gasteiger partial charge in [-0.3, -0.25) is 4.79 Å². The lowest BCUT2D eigenvalue weighted by molar-refractivity contribution is 0.0694. The number of fused-ring (bicyclic) bond motifs is 1. The Morgan fingerprint density at radius 1 is 1.15 bits per heavy atom. The van der Waals surface area contributed by atoms with E-state index in [9.17, 15) is 14.7 Å². The van der Waals surface area contributed by atoms with Crippen molar-refractivity contribution in [2.75, 3.05) is 13.4 Å². The van der Waals surface area contributed by atoms with E-state index in [1.54, 1.807) is 12.1 Å². The van der Waals surface area contributed by atoms with Crippen molar-refractivity contribution in [2.45, 2.75) is 13.0 Å². The summed E-state index contributed by atoms with van der Waals surface area (Å²) in [6.45, 7) is 2.49. The molecule has 7 heteroatoms. The van der Waals surface area contributed by atoms with Crippen LogP contribution in [0.1, 0.15) is 23.3 Å². The second-order valence-corrected chi connectivity index (χ2v) is 6.65. The number of nitrogens with zero attached hydrogens (tertiary/aromatic N) is 1. The topological polar surface area (TPSA) is 87.0 Å². The highest BCUT2D eigenvalue weighted by Crippen LogP contribution is 2.43. The van der Waals surface area contributed by atoms with Crippen molar-refractivity contribution in [1.29, 1.82) is 0 Å². The number of rotatable bonds is 2. The van der Waals surface area contributed by atoms with Gasteiger partial charge in [-0.15, -0.1) is 0 Å². The third-order valence-corrected chi connectivity index (χ3v) is 5.00. The van der Waals surface area contributed by atoms with Crippen molar-refractivity contribution in [3.63, 3.8) is 0 Å². The molecule has 0 saturated heterocycles. The van der Waals surface area contributed by atoms with Gasteiger partial charge in [0.1, 0.15) is 12.2 Å². The van der Waals surface area contributed by atoms with Crippen LogP contribution in [0.15, 0.2) is 41.3 Å². The van der Waals surface area contributed by atoms with Crippen molar-refractivity contribution in [1.82, 2.24) is 4.57 Å². The Morgan fingerprint density at radius 3 is 2.78 bits per heavy atom. The molecule has 27 heavy (non-hydrogen) atoms. The first kappa shape index (κ1) is 15.7. The van der Waals surface area contributed by atoms with Crippen molar-refractivity contribution < 1.29 is 24.1 Å². The van der Waals surface area contributed by atoms with Gasteiger partial charge in [0.15, 0.2) is 17.2 Å². The fourth-order valence-electron chi connectivity index (χ4n) is 3.64. The molecule has 2 aromatic carbocycles. The van der Waals surface area contributed by atoms with Gasteiger partial charge >= 0.3 is 5.97 Å². The van der Waals surface area contributed by atoms with Crippen LogP contribution in [0.3, 0.4) is 0 Å². The summed E-state index contributed by atoms with van der Waals surface area (Å²) >= 11 is 0. The minimum Gasteiger partial charge on any atom is -0.489 e. The van der Waals surface area contributed by atoms with E-state index in [2.05, 4.69) is 0 Å². The molecule has 3 heterocycles. The average Bonchev–Trinajstić information content (AvgIpc) is 3.13. The van der Waals surface area contributed by atoms with Crippen LogP contribution in [0.2, 0.25) is 0 Å². The third kappa shape index (κ3) is 2.21. The molecule has 0 bridgehead atoms. The van der Waals surface area contributed by atoms with Gasteiger partial charge in [-0.1, -0.05) is 6.07 Å². The first-order valence-corrected chi connectivity index (χ1v) is 8.52. The van der Waals surface area contributed by atoms with Crippen LogP contribution in [0, 0.1) is 0 Å². The Balaban J connectivity index is 1.81. The Bertz CT molecular complexity index is 1180. The molecular weight excluding hydrogens is 350 g/mol. The lowest BCUT2D eigenvalue weighted by Crippen LogP contribution is -2.26. The summed E-state index contributed by atoms with van der Waals surface area (Å²) in [7, 11) is 0. The van der Waals surface area contributed by atoms with Crippen molar-refractivity contribution in [3.8, 4) is 28.4 Å². The maximum absolute atomic E-state index is 12.6. The van der Waals surface area contributed by atoms with Crippen LogP contribution in [-0.2, 0) is 0 Å². The van der Waals surface area contributed by atoms with Crippen molar-refractivity contribution >= 4 is 16.9 Å². The highest BCUT2D eigenvalue weighted by Gasteiger charge is 2.26. The van der Waals surface area contributed by atoms with Gasteiger partial charge in [0, 0.05) is 11.8 Å². The molecule has 0 amide bonds. The molecule has 1 unspecified atom stereocenters. The van der Waals surface area contributed by atoms with Gasteiger partial charge in [0.2, 0.25) is 12.2 Å². The van der Waals surface area contributed by atoms with E-state index in [0.29, 0.717) is 34.8 Å². The van der Waals surface area contributed by atoms with E-state index in [1.807, 2.05) is 29.7 Å². The molecule has 1 N–H and O–H groups in total. The number of carboxylic acids is 1. The third-order valence-electron chi connectivity index (χ3n) is 5.00. The number of hydrogen-bond acceptors (Lipinski definition) is 5. The first-order chi connectivity index (χ1) is 13.0. The summed E-state index contributed by atoms with van der Waals surface area (Å²) in [6, 6.07) is 8.95. The standard InChI is InChI=1S/C20H15NO6/c1-10-8-25-19-12(11-2-5-15-16(6-11)27-9-26-15)3-4-13-17(19)21(10)7-14(18(13)22)20(23)24/h2-7,10H,8-9H2,1H3,(H,23,24). The van der Waals surface area contributed by atoms with Crippen LogP contribution < -0.4 is 19.6 Å². The van der Waals surface area contributed by atoms with E-state index in [4.69, 9.17) is 14.2 Å². The zero-order valence-corrected chi connectivity index (χ0v) is 14.4. The molecule has 1 aromatic heterocycles. The summed E-state index contributed by atoms with van der Waals surface area (Å²) in [4.78, 5) is 24.1. The quantitative estimate of drug-likeness (QED) is 0.751. The fraction of sp³-hybridized carbons (Fsp3) is 0.200. The molecule has 0 saturated carbocycles. The van der Waals surface area contributed by atoms with E-state index < -0.39 is 11.4 Å². The summed E-state index contributed by atoms with van der Waals surface area (Å²) in [5.74, 6) is 0.678. The Morgan fingerprint density at radius 2 is 1.96 bits per heavy atom. The summed E-state index contributed by atoms with van der Waals surface area (Å²) in [5.41, 5.74) is 1.54. The molecule has 3 aromatic rings. The van der Waals surface area contributed by atoms with Gasteiger partial charge in [-0.2, -0.15) is 0 Å². The average molecular weight is 365 g/mol. The smallest absolute Gasteiger partial charge is 0.341 e. The predicted octanol–water partition coefficient (Wildman–Crippen LogP) is 3.05. The minimum atomic E-state index is -1.23. The maximum atomic E-state index is 12.6. The SMILES string of the molecule is CC1COc2c(-c3ccc4c(c3)OCO4)ccc3c(=O)c(C(=O)O)cn1c23. The summed E-state index contributed by atoms with van der Waals surface area (Å²) < 4.78 is 18.6. The summed E-state index contributed by atoms with van der Waals surface area (Å²) in [6.07, 6.45) is 1.41.